The van der Waals surface area contributed by atoms with E-state index in [1.165, 1.54) is 5.56 Å². The first kappa shape index (κ1) is 22.2. The number of hydrogen-bond acceptors (Lipinski definition) is 7. The highest BCUT2D eigenvalue weighted by Gasteiger charge is 2.27. The lowest BCUT2D eigenvalue weighted by molar-refractivity contribution is 0.0619. The van der Waals surface area contributed by atoms with Gasteiger partial charge in [0.25, 0.3) is 5.91 Å². The minimum atomic E-state index is -0.0566. The van der Waals surface area contributed by atoms with Crippen LogP contribution >= 0.6 is 0 Å². The molecular formula is C27H26N4O5. The fraction of sp³-hybridized carbons (Fsp3) is 0.259. The number of ether oxygens (including phenoxy) is 3. The third-order valence-corrected chi connectivity index (χ3v) is 6.52. The Morgan fingerprint density at radius 1 is 0.972 bits per heavy atom. The normalized spacial score (nSPS) is 15.3. The highest BCUT2D eigenvalue weighted by Crippen LogP contribution is 2.33. The van der Waals surface area contributed by atoms with Crippen LogP contribution in [-0.2, 0) is 6.54 Å². The van der Waals surface area contributed by atoms with E-state index in [0.717, 1.165) is 42.6 Å². The van der Waals surface area contributed by atoms with Crippen molar-refractivity contribution in [1.82, 2.24) is 19.6 Å². The van der Waals surface area contributed by atoms with Crippen LogP contribution in [0.5, 0.6) is 17.2 Å². The number of aromatic nitrogens is 2. The average Bonchev–Trinajstić information content (AvgIpc) is 3.69. The molecule has 0 atom stereocenters. The van der Waals surface area contributed by atoms with E-state index in [-0.39, 0.29) is 12.7 Å². The first-order chi connectivity index (χ1) is 17.7. The Balaban J connectivity index is 1.19. The van der Waals surface area contributed by atoms with Gasteiger partial charge in [0.05, 0.1) is 19.1 Å². The van der Waals surface area contributed by atoms with Crippen LogP contribution in [0.25, 0.3) is 17.1 Å². The molecule has 4 aromatic rings. The summed E-state index contributed by atoms with van der Waals surface area (Å²) >= 11 is 0. The van der Waals surface area contributed by atoms with Crippen LogP contribution < -0.4 is 14.2 Å². The Bertz CT molecular complexity index is 1360. The van der Waals surface area contributed by atoms with Gasteiger partial charge in [0.15, 0.2) is 17.3 Å². The zero-order valence-electron chi connectivity index (χ0n) is 19.9. The van der Waals surface area contributed by atoms with Gasteiger partial charge < -0.3 is 23.5 Å². The minimum absolute atomic E-state index is 0.0566. The van der Waals surface area contributed by atoms with E-state index in [1.54, 1.807) is 24.1 Å². The molecule has 0 radical (unpaired) electrons. The van der Waals surface area contributed by atoms with Gasteiger partial charge in [-0.2, -0.15) is 5.10 Å². The molecule has 184 valence electrons. The number of nitrogens with zero attached hydrogens (tertiary/aromatic N) is 4. The monoisotopic (exact) mass is 486 g/mol. The number of amides is 1. The molecule has 6 rings (SSSR count). The second kappa shape index (κ2) is 9.43. The molecule has 0 saturated carbocycles. The molecule has 2 aromatic carbocycles. The minimum Gasteiger partial charge on any atom is -0.497 e. The predicted octanol–water partition coefficient (Wildman–Crippen LogP) is 3.83. The third kappa shape index (κ3) is 4.29. The number of carbonyl (C=O) groups is 1. The Hall–Kier alpha value is -4.24. The van der Waals surface area contributed by atoms with Crippen LogP contribution in [0.15, 0.2) is 71.3 Å². The van der Waals surface area contributed by atoms with E-state index < -0.39 is 0 Å². The highest BCUT2D eigenvalue weighted by atomic mass is 16.7. The molecule has 0 bridgehead atoms. The van der Waals surface area contributed by atoms with E-state index in [9.17, 15) is 4.79 Å². The number of methoxy groups -OCH3 is 1. The maximum Gasteiger partial charge on any atom is 0.272 e. The summed E-state index contributed by atoms with van der Waals surface area (Å²) in [4.78, 5) is 17.9. The average molecular weight is 487 g/mol. The van der Waals surface area contributed by atoms with E-state index in [4.69, 9.17) is 23.7 Å². The molecule has 0 spiro atoms. The molecule has 4 heterocycles. The Labute approximate surface area is 208 Å². The van der Waals surface area contributed by atoms with Gasteiger partial charge in [0.1, 0.15) is 17.1 Å². The molecule has 1 amide bonds. The first-order valence-electron chi connectivity index (χ1n) is 11.9. The molecular weight excluding hydrogens is 460 g/mol. The predicted molar refractivity (Wildman–Crippen MR) is 132 cm³/mol. The van der Waals surface area contributed by atoms with Gasteiger partial charge in [-0.25, -0.2) is 4.68 Å². The maximum absolute atomic E-state index is 13.7. The van der Waals surface area contributed by atoms with E-state index >= 15 is 0 Å². The van der Waals surface area contributed by atoms with Crippen LogP contribution in [0.3, 0.4) is 0 Å². The molecule has 2 aliphatic heterocycles. The van der Waals surface area contributed by atoms with Crippen molar-refractivity contribution in [2.75, 3.05) is 40.1 Å². The number of furan rings is 1. The number of rotatable bonds is 6. The van der Waals surface area contributed by atoms with E-state index in [0.29, 0.717) is 30.2 Å². The van der Waals surface area contributed by atoms with Crippen LogP contribution in [0, 0.1) is 0 Å². The largest absolute Gasteiger partial charge is 0.497 e. The van der Waals surface area contributed by atoms with Crippen LogP contribution in [0.4, 0.5) is 0 Å². The van der Waals surface area contributed by atoms with Crippen molar-refractivity contribution in [2.24, 2.45) is 0 Å². The lowest BCUT2D eigenvalue weighted by Gasteiger charge is -2.34. The molecule has 2 aliphatic rings. The van der Waals surface area contributed by atoms with Crippen molar-refractivity contribution < 1.29 is 23.4 Å². The zero-order chi connectivity index (χ0) is 24.5. The SMILES string of the molecule is COc1ccc(-n2nc(-c3ccco3)cc2C(=O)N2CCN(Cc3ccc4c(c3)OCO4)CC2)cc1. The third-order valence-electron chi connectivity index (χ3n) is 6.52. The Morgan fingerprint density at radius 2 is 1.78 bits per heavy atom. The van der Waals surface area contributed by atoms with Crippen LogP contribution in [0.2, 0.25) is 0 Å². The van der Waals surface area contributed by atoms with Crippen molar-refractivity contribution in [1.29, 1.82) is 0 Å². The number of carbonyl (C=O) groups excluding carboxylic acids is 1. The van der Waals surface area contributed by atoms with Gasteiger partial charge in [-0.05, 0) is 54.1 Å². The summed E-state index contributed by atoms with van der Waals surface area (Å²) in [6, 6.07) is 19.0. The van der Waals surface area contributed by atoms with E-state index in [2.05, 4.69) is 11.0 Å². The Morgan fingerprint density at radius 3 is 2.53 bits per heavy atom. The van der Waals surface area contributed by atoms with Crippen molar-refractivity contribution >= 4 is 5.91 Å². The maximum atomic E-state index is 13.7. The highest BCUT2D eigenvalue weighted by molar-refractivity contribution is 5.94. The zero-order valence-corrected chi connectivity index (χ0v) is 19.9. The molecule has 9 heteroatoms. The first-order valence-corrected chi connectivity index (χ1v) is 11.9. The van der Waals surface area contributed by atoms with Crippen LogP contribution in [-0.4, -0.2) is 65.6 Å². The van der Waals surface area contributed by atoms with Gasteiger partial charge in [-0.3, -0.25) is 9.69 Å². The number of fused-ring (bicyclic) bond motifs is 1. The van der Waals surface area contributed by atoms with Crippen molar-refractivity contribution in [3.8, 4) is 34.4 Å². The fourth-order valence-corrected chi connectivity index (χ4v) is 4.57. The van der Waals surface area contributed by atoms with Crippen molar-refractivity contribution in [3.05, 3.63) is 78.2 Å². The molecule has 0 unspecified atom stereocenters. The molecule has 9 nitrogen and oxygen atoms in total. The molecule has 1 fully saturated rings. The Kier molecular flexibility index (Phi) is 5.82. The van der Waals surface area contributed by atoms with Gasteiger partial charge in [-0.15, -0.1) is 0 Å². The smallest absolute Gasteiger partial charge is 0.272 e. The quantitative estimate of drug-likeness (QED) is 0.410. The lowest BCUT2D eigenvalue weighted by Crippen LogP contribution is -2.48. The summed E-state index contributed by atoms with van der Waals surface area (Å²) in [5.74, 6) is 2.88. The lowest BCUT2D eigenvalue weighted by atomic mass is 10.1. The molecule has 0 N–H and O–H groups in total. The summed E-state index contributed by atoms with van der Waals surface area (Å²) in [6.45, 7) is 3.89. The summed E-state index contributed by atoms with van der Waals surface area (Å²) < 4.78 is 23.4. The molecule has 36 heavy (non-hydrogen) atoms. The number of hydrogen-bond donors (Lipinski definition) is 0. The van der Waals surface area contributed by atoms with Gasteiger partial charge in [-0.1, -0.05) is 6.07 Å². The fourth-order valence-electron chi connectivity index (χ4n) is 4.57. The summed E-state index contributed by atoms with van der Waals surface area (Å²) in [6.07, 6.45) is 1.60. The van der Waals surface area contributed by atoms with Gasteiger partial charge >= 0.3 is 0 Å². The number of piperazine rings is 1. The molecule has 1 saturated heterocycles. The molecule has 0 aliphatic carbocycles. The summed E-state index contributed by atoms with van der Waals surface area (Å²) in [5.41, 5.74) is 3.05. The van der Waals surface area contributed by atoms with Gasteiger partial charge in [0, 0.05) is 38.8 Å². The van der Waals surface area contributed by atoms with Crippen molar-refractivity contribution in [3.63, 3.8) is 0 Å². The summed E-state index contributed by atoms with van der Waals surface area (Å²) in [5, 5.41) is 4.70. The van der Waals surface area contributed by atoms with E-state index in [1.807, 2.05) is 53.4 Å². The second-order valence-electron chi connectivity index (χ2n) is 8.76. The standard InChI is InChI=1S/C27H26N4O5/c1-33-21-7-5-20(6-8-21)31-23(16-22(28-31)24-3-2-14-34-24)27(32)30-12-10-29(11-13-30)17-19-4-9-25-26(15-19)36-18-35-25/h2-9,14-16H,10-13,17-18H2,1H3. The second-order valence-corrected chi connectivity index (χ2v) is 8.76. The molecule has 2 aromatic heterocycles. The van der Waals surface area contributed by atoms with Crippen molar-refractivity contribution in [2.45, 2.75) is 6.54 Å². The topological polar surface area (TPSA) is 82.2 Å². The number of benzene rings is 2. The van der Waals surface area contributed by atoms with Gasteiger partial charge in [0.2, 0.25) is 6.79 Å². The summed E-state index contributed by atoms with van der Waals surface area (Å²) in [7, 11) is 1.62. The van der Waals surface area contributed by atoms with Crippen LogP contribution in [0.1, 0.15) is 16.1 Å².